The lowest BCUT2D eigenvalue weighted by molar-refractivity contribution is -0.139. The average molecular weight is 418 g/mol. The van der Waals surface area contributed by atoms with Crippen molar-refractivity contribution in [3.8, 4) is 0 Å². The molecular weight excluding hydrogens is 393 g/mol. The second-order valence-corrected chi connectivity index (χ2v) is 8.09. The maximum absolute atomic E-state index is 13.1. The van der Waals surface area contributed by atoms with E-state index in [1.807, 2.05) is 13.8 Å². The number of alkyl halides is 3. The molecule has 28 heavy (non-hydrogen) atoms. The predicted molar refractivity (Wildman–Crippen MR) is 102 cm³/mol. The van der Waals surface area contributed by atoms with E-state index in [-0.39, 0.29) is 23.5 Å². The largest absolute Gasteiger partial charge is 0.416 e. The zero-order valence-corrected chi connectivity index (χ0v) is 16.9. The normalized spacial score (nSPS) is 18.6. The molecule has 1 heterocycles. The highest BCUT2D eigenvalue weighted by Crippen LogP contribution is 2.42. The molecular formula is C19H25F3N2O3S. The lowest BCUT2D eigenvalue weighted by atomic mass is 10.00. The lowest BCUT2D eigenvalue weighted by Gasteiger charge is -2.33. The second kappa shape index (κ2) is 9.65. The molecule has 1 saturated heterocycles. The van der Waals surface area contributed by atoms with Crippen LogP contribution in [0.3, 0.4) is 0 Å². The van der Waals surface area contributed by atoms with Crippen LogP contribution in [-0.2, 0) is 20.5 Å². The van der Waals surface area contributed by atoms with E-state index in [1.54, 1.807) is 6.07 Å². The number of rotatable bonds is 8. The van der Waals surface area contributed by atoms with E-state index in [4.69, 9.17) is 4.74 Å². The third kappa shape index (κ3) is 5.64. The molecule has 0 bridgehead atoms. The third-order valence-electron chi connectivity index (χ3n) is 4.34. The molecule has 2 rings (SSSR count). The Kier molecular flexibility index (Phi) is 7.77. The summed E-state index contributed by atoms with van der Waals surface area (Å²) in [5, 5.41) is 2.11. The van der Waals surface area contributed by atoms with Crippen LogP contribution in [0.4, 0.5) is 13.2 Å². The van der Waals surface area contributed by atoms with Crippen LogP contribution in [0.15, 0.2) is 24.3 Å². The van der Waals surface area contributed by atoms with Gasteiger partial charge in [0.1, 0.15) is 11.4 Å². The SMILES string of the molecule is COCCNC(=O)[C@@H](CC(C)C)N1C(=O)CS[C@H]1c1cccc(C(F)(F)F)c1. The van der Waals surface area contributed by atoms with Gasteiger partial charge in [0.25, 0.3) is 0 Å². The summed E-state index contributed by atoms with van der Waals surface area (Å²) >= 11 is 1.24. The van der Waals surface area contributed by atoms with Crippen molar-refractivity contribution in [1.29, 1.82) is 0 Å². The topological polar surface area (TPSA) is 58.6 Å². The molecule has 0 radical (unpaired) electrons. The van der Waals surface area contributed by atoms with Gasteiger partial charge in [0.2, 0.25) is 11.8 Å². The molecule has 0 spiro atoms. The molecule has 1 N–H and O–H groups in total. The van der Waals surface area contributed by atoms with Gasteiger partial charge >= 0.3 is 6.18 Å². The first-order chi connectivity index (χ1) is 13.1. The quantitative estimate of drug-likeness (QED) is 0.657. The minimum Gasteiger partial charge on any atom is -0.383 e. The van der Waals surface area contributed by atoms with E-state index in [9.17, 15) is 22.8 Å². The van der Waals surface area contributed by atoms with Crippen molar-refractivity contribution in [2.24, 2.45) is 5.92 Å². The van der Waals surface area contributed by atoms with Crippen molar-refractivity contribution in [2.75, 3.05) is 26.0 Å². The Labute approximate surface area is 167 Å². The van der Waals surface area contributed by atoms with Crippen molar-refractivity contribution in [3.05, 3.63) is 35.4 Å². The van der Waals surface area contributed by atoms with Crippen molar-refractivity contribution in [1.82, 2.24) is 10.2 Å². The summed E-state index contributed by atoms with van der Waals surface area (Å²) in [4.78, 5) is 26.7. The van der Waals surface area contributed by atoms with Crippen LogP contribution < -0.4 is 5.32 Å². The van der Waals surface area contributed by atoms with Crippen LogP contribution >= 0.6 is 11.8 Å². The van der Waals surface area contributed by atoms with Gasteiger partial charge in [-0.3, -0.25) is 9.59 Å². The number of benzene rings is 1. The number of hydrogen-bond donors (Lipinski definition) is 1. The van der Waals surface area contributed by atoms with Gasteiger partial charge in [-0.1, -0.05) is 26.0 Å². The van der Waals surface area contributed by atoms with Crippen LogP contribution in [0.25, 0.3) is 0 Å². The molecule has 2 atom stereocenters. The number of nitrogens with zero attached hydrogens (tertiary/aromatic N) is 1. The molecule has 1 aromatic rings. The third-order valence-corrected chi connectivity index (χ3v) is 5.57. The highest BCUT2D eigenvalue weighted by Gasteiger charge is 2.41. The molecule has 156 valence electrons. The Bertz CT molecular complexity index is 697. The Hall–Kier alpha value is -1.74. The maximum atomic E-state index is 13.1. The lowest BCUT2D eigenvalue weighted by Crippen LogP contribution is -2.49. The van der Waals surface area contributed by atoms with Crippen LogP contribution in [0.5, 0.6) is 0 Å². The molecule has 0 saturated carbocycles. The van der Waals surface area contributed by atoms with Gasteiger partial charge in [0.05, 0.1) is 17.9 Å². The smallest absolute Gasteiger partial charge is 0.383 e. The van der Waals surface area contributed by atoms with Gasteiger partial charge < -0.3 is 15.0 Å². The van der Waals surface area contributed by atoms with Crippen LogP contribution in [0.2, 0.25) is 0 Å². The number of thioether (sulfide) groups is 1. The summed E-state index contributed by atoms with van der Waals surface area (Å²) in [6.07, 6.45) is -4.05. The molecule has 2 amide bonds. The predicted octanol–water partition coefficient (Wildman–Crippen LogP) is 3.46. The van der Waals surface area contributed by atoms with E-state index >= 15 is 0 Å². The number of halogens is 3. The standard InChI is InChI=1S/C19H25F3N2O3S/c1-12(2)9-15(17(26)23-7-8-27-3)24-16(25)11-28-18(24)13-5-4-6-14(10-13)19(20,21)22/h4-6,10,12,15,18H,7-9,11H2,1-3H3,(H,23,26)/t15-,18+/m1/s1. The molecule has 1 aliphatic rings. The molecule has 1 aromatic carbocycles. The summed E-state index contributed by atoms with van der Waals surface area (Å²) in [6, 6.07) is 4.19. The molecule has 1 fully saturated rings. The fourth-order valence-corrected chi connectivity index (χ4v) is 4.30. The van der Waals surface area contributed by atoms with E-state index in [0.717, 1.165) is 12.1 Å². The van der Waals surface area contributed by atoms with Crippen LogP contribution in [-0.4, -0.2) is 48.8 Å². The molecule has 1 aliphatic heterocycles. The van der Waals surface area contributed by atoms with E-state index in [2.05, 4.69) is 5.32 Å². The number of methoxy groups -OCH3 is 1. The van der Waals surface area contributed by atoms with E-state index in [0.29, 0.717) is 25.1 Å². The Morgan fingerprint density at radius 1 is 1.39 bits per heavy atom. The van der Waals surface area contributed by atoms with Crippen molar-refractivity contribution < 1.29 is 27.5 Å². The summed E-state index contributed by atoms with van der Waals surface area (Å²) in [7, 11) is 1.52. The van der Waals surface area contributed by atoms with Crippen LogP contribution in [0.1, 0.15) is 36.8 Å². The minimum absolute atomic E-state index is 0.124. The van der Waals surface area contributed by atoms with E-state index in [1.165, 1.54) is 29.8 Å². The monoisotopic (exact) mass is 418 g/mol. The summed E-state index contributed by atoms with van der Waals surface area (Å²) in [6.45, 7) is 4.50. The Morgan fingerprint density at radius 2 is 2.11 bits per heavy atom. The zero-order valence-electron chi connectivity index (χ0n) is 16.1. The zero-order chi connectivity index (χ0) is 20.9. The first-order valence-corrected chi connectivity index (χ1v) is 10.1. The summed E-state index contributed by atoms with van der Waals surface area (Å²) in [5.41, 5.74) is -0.404. The fourth-order valence-electron chi connectivity index (χ4n) is 3.09. The molecule has 0 aromatic heterocycles. The highest BCUT2D eigenvalue weighted by atomic mass is 32.2. The summed E-state index contributed by atoms with van der Waals surface area (Å²) < 4.78 is 44.2. The van der Waals surface area contributed by atoms with Gasteiger partial charge in [-0.05, 0) is 30.0 Å². The highest BCUT2D eigenvalue weighted by molar-refractivity contribution is 8.00. The number of ether oxygens (including phenoxy) is 1. The molecule has 0 unspecified atom stereocenters. The van der Waals surface area contributed by atoms with Gasteiger partial charge in [0.15, 0.2) is 0 Å². The van der Waals surface area contributed by atoms with Crippen molar-refractivity contribution in [3.63, 3.8) is 0 Å². The minimum atomic E-state index is -4.47. The number of carbonyl (C=O) groups is 2. The Morgan fingerprint density at radius 3 is 2.71 bits per heavy atom. The average Bonchev–Trinajstić information content (AvgIpc) is 3.00. The second-order valence-electron chi connectivity index (χ2n) is 7.02. The van der Waals surface area contributed by atoms with Gasteiger partial charge in [-0.2, -0.15) is 13.2 Å². The first kappa shape index (κ1) is 22.5. The number of nitrogens with one attached hydrogen (secondary N) is 1. The van der Waals surface area contributed by atoms with Crippen LogP contribution in [0, 0.1) is 5.92 Å². The van der Waals surface area contributed by atoms with Gasteiger partial charge in [-0.25, -0.2) is 0 Å². The number of carbonyl (C=O) groups excluding carboxylic acids is 2. The van der Waals surface area contributed by atoms with Gasteiger partial charge in [-0.15, -0.1) is 11.8 Å². The number of hydrogen-bond acceptors (Lipinski definition) is 4. The molecule has 9 heteroatoms. The first-order valence-electron chi connectivity index (χ1n) is 9.01. The fraction of sp³-hybridized carbons (Fsp3) is 0.579. The van der Waals surface area contributed by atoms with Crippen molar-refractivity contribution >= 4 is 23.6 Å². The molecule has 5 nitrogen and oxygen atoms in total. The number of amides is 2. The Balaban J connectivity index is 2.32. The van der Waals surface area contributed by atoms with E-state index < -0.39 is 23.2 Å². The van der Waals surface area contributed by atoms with Gasteiger partial charge in [0, 0.05) is 13.7 Å². The summed E-state index contributed by atoms with van der Waals surface area (Å²) in [5.74, 6) is -0.321. The maximum Gasteiger partial charge on any atom is 0.416 e. The van der Waals surface area contributed by atoms with Crippen molar-refractivity contribution in [2.45, 2.75) is 37.9 Å². The molecule has 0 aliphatic carbocycles.